The minimum Gasteiger partial charge on any atom is -0.618 e. The van der Waals surface area contributed by atoms with Gasteiger partial charge in [-0.1, -0.05) is 29.8 Å². The van der Waals surface area contributed by atoms with Crippen molar-refractivity contribution in [3.8, 4) is 0 Å². The molecule has 3 nitrogen and oxygen atoms in total. The molecule has 0 bridgehead atoms. The van der Waals surface area contributed by atoms with Crippen molar-refractivity contribution in [1.29, 1.82) is 0 Å². The van der Waals surface area contributed by atoms with Crippen molar-refractivity contribution in [2.75, 3.05) is 0 Å². The summed E-state index contributed by atoms with van der Waals surface area (Å²) >= 11 is 5.96. The number of hydrogen-bond acceptors (Lipinski definition) is 2. The van der Waals surface area contributed by atoms with Crippen molar-refractivity contribution < 1.29 is 9.52 Å². The predicted octanol–water partition coefficient (Wildman–Crippen LogP) is 2.87. The molecule has 2 aromatic rings. The Kier molecular flexibility index (Phi) is 3.75. The zero-order chi connectivity index (χ0) is 13.0. The Morgan fingerprint density at radius 1 is 1.17 bits per heavy atom. The van der Waals surface area contributed by atoms with Crippen LogP contribution >= 0.6 is 11.6 Å². The molecule has 0 fully saturated rings. The molecule has 18 heavy (non-hydrogen) atoms. The Labute approximate surface area is 110 Å². The first kappa shape index (κ1) is 12.3. The van der Waals surface area contributed by atoms with Crippen LogP contribution in [0.5, 0.6) is 0 Å². The van der Waals surface area contributed by atoms with Crippen LogP contribution in [0.1, 0.15) is 16.1 Å². The summed E-state index contributed by atoms with van der Waals surface area (Å²) in [5.41, 5.74) is 0.821. The third kappa shape index (κ3) is 2.76. The highest BCUT2D eigenvalue weighted by molar-refractivity contribution is 6.32. The topological polar surface area (TPSA) is 44.0 Å². The predicted molar refractivity (Wildman–Crippen MR) is 70.2 cm³/mol. The number of carbonyl (C=O) groups is 1. The minimum atomic E-state index is -0.356. The number of hydrogen-bond donors (Lipinski definition) is 0. The third-order valence-corrected chi connectivity index (χ3v) is 2.74. The summed E-state index contributed by atoms with van der Waals surface area (Å²) in [5.74, 6) is -0.356. The summed E-state index contributed by atoms with van der Waals surface area (Å²) in [6, 6.07) is 11.9. The van der Waals surface area contributed by atoms with E-state index in [0.29, 0.717) is 9.75 Å². The number of ketones is 1. The smallest absolute Gasteiger partial charge is 0.264 e. The molecule has 4 heteroatoms. The lowest BCUT2D eigenvalue weighted by atomic mass is 10.1. The van der Waals surface area contributed by atoms with Gasteiger partial charge in [0.05, 0.1) is 0 Å². The lowest BCUT2D eigenvalue weighted by molar-refractivity contribution is -0.607. The molecule has 1 heterocycles. The van der Waals surface area contributed by atoms with E-state index in [2.05, 4.69) is 0 Å². The monoisotopic (exact) mass is 259 g/mol. The van der Waals surface area contributed by atoms with E-state index in [1.807, 2.05) is 12.1 Å². The van der Waals surface area contributed by atoms with E-state index < -0.39 is 0 Å². The Hall–Kier alpha value is -2.13. The van der Waals surface area contributed by atoms with Crippen LogP contribution in [0.4, 0.5) is 0 Å². The number of nitrogens with zero attached hydrogens (tertiary/aromatic N) is 1. The summed E-state index contributed by atoms with van der Waals surface area (Å²) < 4.78 is 0.541. The van der Waals surface area contributed by atoms with Gasteiger partial charge in [0.1, 0.15) is 0 Å². The van der Waals surface area contributed by atoms with Gasteiger partial charge in [-0.05, 0) is 29.8 Å². The molecule has 90 valence electrons. The van der Waals surface area contributed by atoms with Gasteiger partial charge in [-0.15, -0.1) is 0 Å². The Bertz CT molecular complexity index is 608. The van der Waals surface area contributed by atoms with Crippen molar-refractivity contribution >= 4 is 23.5 Å². The fourth-order valence-corrected chi connectivity index (χ4v) is 1.68. The van der Waals surface area contributed by atoms with Gasteiger partial charge in [0, 0.05) is 17.2 Å². The second-order valence-corrected chi connectivity index (χ2v) is 4.04. The molecule has 0 aliphatic heterocycles. The van der Waals surface area contributed by atoms with E-state index in [1.165, 1.54) is 18.3 Å². The molecule has 0 atom stereocenters. The zero-order valence-electron chi connectivity index (χ0n) is 9.42. The van der Waals surface area contributed by atoms with Crippen molar-refractivity contribution in [1.82, 2.24) is 0 Å². The lowest BCUT2D eigenvalue weighted by Gasteiger charge is -2.00. The van der Waals surface area contributed by atoms with Crippen LogP contribution in [-0.4, -0.2) is 5.78 Å². The van der Waals surface area contributed by atoms with Crippen molar-refractivity contribution in [2.24, 2.45) is 0 Å². The molecule has 0 N–H and O–H groups in total. The Morgan fingerprint density at radius 3 is 2.61 bits per heavy atom. The number of aromatic nitrogens is 1. The average Bonchev–Trinajstić information content (AvgIpc) is 2.38. The Balaban J connectivity index is 2.23. The van der Waals surface area contributed by atoms with E-state index in [-0.39, 0.29) is 11.5 Å². The molecule has 0 radical (unpaired) electrons. The quantitative estimate of drug-likeness (QED) is 0.368. The minimum absolute atomic E-state index is 0.0841. The standard InChI is InChI=1S/C14H10ClNO2/c15-12-6-2-1-5-11(12)8-9-14(17)13-7-3-4-10-16(13)18/h1-10H/b9-8+. The average molecular weight is 260 g/mol. The number of rotatable bonds is 3. The van der Waals surface area contributed by atoms with Gasteiger partial charge in [-0.2, -0.15) is 4.73 Å². The van der Waals surface area contributed by atoms with Gasteiger partial charge in [0.15, 0.2) is 6.20 Å². The maximum atomic E-state index is 11.8. The SMILES string of the molecule is O=C(/C=C/c1ccccc1Cl)c1cccc[n+]1[O-]. The van der Waals surface area contributed by atoms with Crippen LogP contribution in [-0.2, 0) is 0 Å². The summed E-state index contributed by atoms with van der Waals surface area (Å²) in [7, 11) is 0. The first-order valence-corrected chi connectivity index (χ1v) is 5.71. The molecular formula is C14H10ClNO2. The van der Waals surface area contributed by atoms with Crippen LogP contribution in [0.2, 0.25) is 5.02 Å². The summed E-state index contributed by atoms with van der Waals surface area (Å²) in [5, 5.41) is 11.9. The fourth-order valence-electron chi connectivity index (χ4n) is 1.48. The van der Waals surface area contributed by atoms with Gasteiger partial charge in [-0.25, -0.2) is 0 Å². The van der Waals surface area contributed by atoms with Crippen molar-refractivity contribution in [2.45, 2.75) is 0 Å². The maximum Gasteiger partial charge on any atom is 0.264 e. The number of carbonyl (C=O) groups excluding carboxylic acids is 1. The molecule has 0 saturated heterocycles. The summed E-state index contributed by atoms with van der Waals surface area (Å²) in [6.45, 7) is 0. The summed E-state index contributed by atoms with van der Waals surface area (Å²) in [4.78, 5) is 11.8. The molecule has 0 amide bonds. The van der Waals surface area contributed by atoms with Gasteiger partial charge in [0.25, 0.3) is 11.5 Å². The molecular weight excluding hydrogens is 250 g/mol. The molecule has 0 spiro atoms. The first-order valence-electron chi connectivity index (χ1n) is 5.33. The van der Waals surface area contributed by atoms with Gasteiger partial charge >= 0.3 is 0 Å². The van der Waals surface area contributed by atoms with E-state index in [1.54, 1.807) is 30.3 Å². The van der Waals surface area contributed by atoms with Crippen molar-refractivity contribution in [3.63, 3.8) is 0 Å². The highest BCUT2D eigenvalue weighted by atomic mass is 35.5. The lowest BCUT2D eigenvalue weighted by Crippen LogP contribution is -2.33. The van der Waals surface area contributed by atoms with Gasteiger partial charge in [0.2, 0.25) is 0 Å². The second-order valence-electron chi connectivity index (χ2n) is 3.63. The number of allylic oxidation sites excluding steroid dienone is 1. The normalized spacial score (nSPS) is 10.7. The fraction of sp³-hybridized carbons (Fsp3) is 0. The van der Waals surface area contributed by atoms with Crippen LogP contribution in [0.3, 0.4) is 0 Å². The highest BCUT2D eigenvalue weighted by Gasteiger charge is 2.11. The number of benzene rings is 1. The first-order chi connectivity index (χ1) is 8.68. The van der Waals surface area contributed by atoms with E-state index >= 15 is 0 Å². The second kappa shape index (κ2) is 5.47. The molecule has 0 aliphatic carbocycles. The van der Waals surface area contributed by atoms with Gasteiger partial charge < -0.3 is 5.21 Å². The van der Waals surface area contributed by atoms with Gasteiger partial charge in [-0.3, -0.25) is 4.79 Å². The van der Waals surface area contributed by atoms with E-state index in [4.69, 9.17) is 11.6 Å². The van der Waals surface area contributed by atoms with E-state index in [0.717, 1.165) is 5.56 Å². The van der Waals surface area contributed by atoms with Crippen LogP contribution < -0.4 is 4.73 Å². The van der Waals surface area contributed by atoms with E-state index in [9.17, 15) is 10.0 Å². The Morgan fingerprint density at radius 2 is 1.89 bits per heavy atom. The zero-order valence-corrected chi connectivity index (χ0v) is 10.2. The van der Waals surface area contributed by atoms with Crippen LogP contribution in [0, 0.1) is 5.21 Å². The molecule has 0 saturated carbocycles. The highest BCUT2D eigenvalue weighted by Crippen LogP contribution is 2.16. The molecule has 2 rings (SSSR count). The maximum absolute atomic E-state index is 11.8. The number of halogens is 1. The van der Waals surface area contributed by atoms with Crippen molar-refractivity contribution in [3.05, 3.63) is 76.2 Å². The molecule has 1 aromatic carbocycles. The third-order valence-electron chi connectivity index (χ3n) is 2.40. The number of pyridine rings is 1. The van der Waals surface area contributed by atoms with Crippen LogP contribution in [0.25, 0.3) is 6.08 Å². The molecule has 0 aliphatic rings. The molecule has 0 unspecified atom stereocenters. The summed E-state index contributed by atoms with van der Waals surface area (Å²) in [6.07, 6.45) is 4.22. The molecule has 1 aromatic heterocycles. The largest absolute Gasteiger partial charge is 0.618 e. The van der Waals surface area contributed by atoms with Crippen LogP contribution in [0.15, 0.2) is 54.7 Å².